The van der Waals surface area contributed by atoms with Crippen LogP contribution < -0.4 is 36.8 Å². The van der Waals surface area contributed by atoms with Gasteiger partial charge in [0.25, 0.3) is 0 Å². The SMILES string of the molecule is CC(C)[C@@H]1NC(=O)[C@H](Cc2ccc(OP(=O)(O)O)cc2)NC(=O)OCCCCCNC(=O)[C@@H]2CCCN2C(=O)[C@H](C(C)C)NC(=O)[C@H](CC(N)=O)NC1=O. The van der Waals surface area contributed by atoms with Gasteiger partial charge in [0.15, 0.2) is 0 Å². The topological polar surface area (TPSA) is 285 Å². The van der Waals surface area contributed by atoms with E-state index in [0.29, 0.717) is 50.8 Å². The van der Waals surface area contributed by atoms with Crippen molar-refractivity contribution in [1.82, 2.24) is 31.5 Å². The minimum absolute atomic E-state index is 0.0106. The van der Waals surface area contributed by atoms with E-state index in [1.807, 2.05) is 0 Å². The van der Waals surface area contributed by atoms with Gasteiger partial charge in [-0.05, 0) is 61.6 Å². The molecule has 0 saturated carbocycles. The van der Waals surface area contributed by atoms with Crippen LogP contribution >= 0.6 is 7.82 Å². The molecule has 7 amide bonds. The molecule has 3 rings (SSSR count). The summed E-state index contributed by atoms with van der Waals surface area (Å²) in [6, 6.07) is -0.648. The van der Waals surface area contributed by atoms with Crippen molar-refractivity contribution in [1.29, 1.82) is 0 Å². The zero-order chi connectivity index (χ0) is 40.2. The molecule has 0 aromatic heterocycles. The van der Waals surface area contributed by atoms with Crippen LogP contribution in [0.15, 0.2) is 24.3 Å². The molecule has 0 unspecified atom stereocenters. The molecular weight excluding hydrogens is 729 g/mol. The summed E-state index contributed by atoms with van der Waals surface area (Å²) in [5.74, 6) is -5.48. The van der Waals surface area contributed by atoms with E-state index in [9.17, 15) is 38.1 Å². The standard InChI is InChI=1S/C34H52N7O12P/c1-19(2)27-32(46)37-24(18-26(35)42)30(44)40-28(20(3)4)33(47)41-15-8-9-25(41)31(45)36-14-6-5-7-16-52-34(48)38-23(29(43)39-27)17-21-10-12-22(13-11-21)53-54(49,50)51/h10-13,19-20,23-25,27-28H,5-9,14-18H2,1-4H3,(H2,35,42)(H,36,45)(H,37,46)(H,38,48)(H,39,43)(H,40,44)(H2,49,50,51)/t23-,24-,25-,27-,28-/m0/s1. The molecule has 0 aliphatic carbocycles. The monoisotopic (exact) mass is 781 g/mol. The number of phosphoric acid groups is 1. The van der Waals surface area contributed by atoms with Crippen LogP contribution in [0.5, 0.6) is 5.75 Å². The number of carbonyl (C=O) groups excluding carboxylic acids is 7. The number of benzene rings is 1. The van der Waals surface area contributed by atoms with E-state index in [1.165, 1.54) is 29.2 Å². The Hall–Kier alpha value is -4.74. The predicted octanol–water partition coefficient (Wildman–Crippen LogP) is -0.272. The highest BCUT2D eigenvalue weighted by Gasteiger charge is 2.40. The average Bonchev–Trinajstić information content (AvgIpc) is 3.57. The molecule has 2 heterocycles. The number of hydrogen-bond donors (Lipinski definition) is 8. The van der Waals surface area contributed by atoms with Gasteiger partial charge in [-0.2, -0.15) is 0 Å². The second-order valence-corrected chi connectivity index (χ2v) is 15.2. The summed E-state index contributed by atoms with van der Waals surface area (Å²) >= 11 is 0. The van der Waals surface area contributed by atoms with Crippen LogP contribution in [0.2, 0.25) is 0 Å². The predicted molar refractivity (Wildman–Crippen MR) is 192 cm³/mol. The summed E-state index contributed by atoms with van der Waals surface area (Å²) in [6.45, 7) is 7.23. The first-order valence-corrected chi connectivity index (χ1v) is 19.4. The molecular formula is C34H52N7O12P. The molecule has 2 fully saturated rings. The summed E-state index contributed by atoms with van der Waals surface area (Å²) in [6.07, 6.45) is 0.845. The summed E-state index contributed by atoms with van der Waals surface area (Å²) in [7, 11) is -4.83. The van der Waals surface area contributed by atoms with Crippen molar-refractivity contribution in [3.8, 4) is 5.75 Å². The van der Waals surface area contributed by atoms with Gasteiger partial charge in [0.05, 0.1) is 13.0 Å². The highest BCUT2D eigenvalue weighted by molar-refractivity contribution is 7.46. The van der Waals surface area contributed by atoms with Crippen LogP contribution in [0, 0.1) is 11.8 Å². The lowest BCUT2D eigenvalue weighted by molar-refractivity contribution is -0.143. The number of fused-ring (bicyclic) bond motifs is 1. The average molecular weight is 782 g/mol. The highest BCUT2D eigenvalue weighted by Crippen LogP contribution is 2.37. The number of nitrogens with one attached hydrogen (secondary N) is 5. The van der Waals surface area contributed by atoms with Crippen molar-refractivity contribution in [2.45, 2.75) is 103 Å². The van der Waals surface area contributed by atoms with Crippen LogP contribution in [0.4, 0.5) is 4.79 Å². The number of amides is 7. The third-order valence-corrected chi connectivity index (χ3v) is 9.35. The number of phosphoric ester groups is 1. The van der Waals surface area contributed by atoms with E-state index in [0.717, 1.165) is 0 Å². The maximum Gasteiger partial charge on any atom is 0.524 e. The zero-order valence-electron chi connectivity index (χ0n) is 30.9. The van der Waals surface area contributed by atoms with E-state index in [1.54, 1.807) is 27.7 Å². The third kappa shape index (κ3) is 13.6. The molecule has 19 nitrogen and oxygen atoms in total. The van der Waals surface area contributed by atoms with Crippen LogP contribution in [-0.4, -0.2) is 106 Å². The Morgan fingerprint density at radius 1 is 0.852 bits per heavy atom. The molecule has 2 saturated heterocycles. The van der Waals surface area contributed by atoms with Gasteiger partial charge in [-0.3, -0.25) is 38.6 Å². The molecule has 9 N–H and O–H groups in total. The minimum atomic E-state index is -4.83. The fraction of sp³-hybridized carbons (Fsp3) is 0.618. The fourth-order valence-electron chi connectivity index (χ4n) is 6.06. The van der Waals surface area contributed by atoms with Crippen LogP contribution in [0.1, 0.15) is 71.8 Å². The van der Waals surface area contributed by atoms with Gasteiger partial charge in [0.1, 0.15) is 36.0 Å². The largest absolute Gasteiger partial charge is 0.524 e. The lowest BCUT2D eigenvalue weighted by Gasteiger charge is -2.32. The van der Waals surface area contributed by atoms with E-state index < -0.39 is 91.9 Å². The summed E-state index contributed by atoms with van der Waals surface area (Å²) in [5, 5.41) is 13.1. The van der Waals surface area contributed by atoms with Gasteiger partial charge < -0.3 is 46.5 Å². The third-order valence-electron chi connectivity index (χ3n) is 8.90. The molecule has 2 aliphatic heterocycles. The summed E-state index contributed by atoms with van der Waals surface area (Å²) in [4.78, 5) is 113. The number of cyclic esters (lactones) is 1. The molecule has 2 aliphatic rings. The normalized spacial score (nSPS) is 24.7. The Morgan fingerprint density at radius 2 is 1.48 bits per heavy atom. The molecule has 20 heteroatoms. The number of nitrogens with two attached hydrogens (primary N) is 1. The molecule has 0 bridgehead atoms. The van der Waals surface area contributed by atoms with Crippen molar-refractivity contribution < 1.29 is 57.2 Å². The van der Waals surface area contributed by atoms with Crippen LogP contribution in [-0.2, 0) is 44.5 Å². The first-order valence-electron chi connectivity index (χ1n) is 17.9. The zero-order valence-corrected chi connectivity index (χ0v) is 31.8. The second kappa shape index (κ2) is 20.1. The lowest BCUT2D eigenvalue weighted by Crippen LogP contribution is -2.61. The second-order valence-electron chi connectivity index (χ2n) is 14.0. The lowest BCUT2D eigenvalue weighted by atomic mass is 9.99. The quantitative estimate of drug-likeness (QED) is 0.158. The Bertz CT molecular complexity index is 1570. The number of rotatable bonds is 8. The number of ether oxygens (including phenoxy) is 1. The number of hydrogen-bond acceptors (Lipinski definition) is 10. The molecule has 1 aromatic rings. The van der Waals surface area contributed by atoms with Gasteiger partial charge in [-0.15, -0.1) is 0 Å². The van der Waals surface area contributed by atoms with Crippen molar-refractivity contribution in [2.24, 2.45) is 17.6 Å². The summed E-state index contributed by atoms with van der Waals surface area (Å²) < 4.78 is 21.1. The number of alkyl carbamates (subject to hydrolysis) is 1. The van der Waals surface area contributed by atoms with Gasteiger partial charge in [0.2, 0.25) is 35.4 Å². The first-order chi connectivity index (χ1) is 25.4. The Balaban J connectivity index is 1.92. The number of carbonyl (C=O) groups is 7. The van der Waals surface area contributed by atoms with Crippen molar-refractivity contribution >= 4 is 49.4 Å². The molecule has 5 atom stereocenters. The van der Waals surface area contributed by atoms with E-state index in [2.05, 4.69) is 31.1 Å². The Kier molecular flexibility index (Phi) is 16.2. The van der Waals surface area contributed by atoms with Gasteiger partial charge >= 0.3 is 13.9 Å². The van der Waals surface area contributed by atoms with E-state index in [-0.39, 0.29) is 24.7 Å². The fourth-order valence-corrected chi connectivity index (χ4v) is 6.46. The molecule has 1 aromatic carbocycles. The van der Waals surface area contributed by atoms with Gasteiger partial charge in [-0.25, -0.2) is 9.36 Å². The highest BCUT2D eigenvalue weighted by atomic mass is 31.2. The maximum absolute atomic E-state index is 13.8. The molecule has 54 heavy (non-hydrogen) atoms. The van der Waals surface area contributed by atoms with E-state index in [4.69, 9.17) is 20.3 Å². The Morgan fingerprint density at radius 3 is 2.09 bits per heavy atom. The maximum atomic E-state index is 13.8. The van der Waals surface area contributed by atoms with Crippen molar-refractivity contribution in [2.75, 3.05) is 19.7 Å². The molecule has 300 valence electrons. The molecule has 0 radical (unpaired) electrons. The number of nitrogens with zero attached hydrogens (tertiary/aromatic N) is 1. The van der Waals surface area contributed by atoms with Gasteiger partial charge in [0, 0.05) is 19.5 Å². The Labute approximate surface area is 313 Å². The summed E-state index contributed by atoms with van der Waals surface area (Å²) in [5.41, 5.74) is 5.87. The van der Waals surface area contributed by atoms with Crippen molar-refractivity contribution in [3.63, 3.8) is 0 Å². The minimum Gasteiger partial charge on any atom is -0.450 e. The van der Waals surface area contributed by atoms with Crippen LogP contribution in [0.25, 0.3) is 0 Å². The van der Waals surface area contributed by atoms with E-state index >= 15 is 0 Å². The number of primary amides is 1. The van der Waals surface area contributed by atoms with Crippen molar-refractivity contribution in [3.05, 3.63) is 29.8 Å². The van der Waals surface area contributed by atoms with Crippen LogP contribution in [0.3, 0.4) is 0 Å². The molecule has 0 spiro atoms. The first kappa shape index (κ1) is 43.7. The van der Waals surface area contributed by atoms with Gasteiger partial charge in [-0.1, -0.05) is 39.8 Å². The smallest absolute Gasteiger partial charge is 0.450 e.